The van der Waals surface area contributed by atoms with Crippen molar-refractivity contribution in [3.8, 4) is 0 Å². The second-order valence-corrected chi connectivity index (χ2v) is 7.24. The summed E-state index contributed by atoms with van der Waals surface area (Å²) in [7, 11) is 0. The van der Waals surface area contributed by atoms with Gasteiger partial charge in [0.2, 0.25) is 11.8 Å². The van der Waals surface area contributed by atoms with E-state index < -0.39 is 0 Å². The van der Waals surface area contributed by atoms with Crippen LogP contribution < -0.4 is 0 Å². The first-order chi connectivity index (χ1) is 13.7. The molecule has 0 radical (unpaired) electrons. The van der Waals surface area contributed by atoms with Crippen molar-refractivity contribution < 1.29 is 13.6 Å². The lowest BCUT2D eigenvalue weighted by atomic mass is 9.93. The van der Waals surface area contributed by atoms with Crippen LogP contribution in [0.25, 0.3) is 17.2 Å². The number of carbonyl (C=O) groups excluding carboxylic acids is 1. The van der Waals surface area contributed by atoms with Crippen LogP contribution in [0.4, 0.5) is 4.39 Å². The fourth-order valence-corrected chi connectivity index (χ4v) is 3.77. The standard InChI is InChI=1S/C23H23FN2O2/c24-18-12-10-17(11-13-18)16-26(19-6-2-1-3-7-19)23(27)15-14-22-25-20-8-4-5-9-21(20)28-22/h4-5,8-15,19H,1-3,6-7,16H2/b15-14+. The Bertz CT molecular complexity index is 939. The minimum Gasteiger partial charge on any atom is -0.437 e. The minimum atomic E-state index is -0.268. The van der Waals surface area contributed by atoms with Crippen molar-refractivity contribution in [2.45, 2.75) is 44.7 Å². The number of aromatic nitrogens is 1. The normalized spacial score (nSPS) is 15.3. The molecule has 3 aromatic rings. The summed E-state index contributed by atoms with van der Waals surface area (Å²) in [4.78, 5) is 19.3. The monoisotopic (exact) mass is 378 g/mol. The third-order valence-corrected chi connectivity index (χ3v) is 5.24. The largest absolute Gasteiger partial charge is 0.437 e. The molecule has 1 aromatic heterocycles. The second-order valence-electron chi connectivity index (χ2n) is 7.24. The predicted molar refractivity (Wildman–Crippen MR) is 107 cm³/mol. The number of hydrogen-bond acceptors (Lipinski definition) is 3. The summed E-state index contributed by atoms with van der Waals surface area (Å²) in [5.41, 5.74) is 2.39. The molecule has 0 aliphatic heterocycles. The Hall–Kier alpha value is -2.95. The number of halogens is 1. The molecule has 1 aliphatic rings. The van der Waals surface area contributed by atoms with Crippen molar-refractivity contribution in [3.05, 3.63) is 71.9 Å². The van der Waals surface area contributed by atoms with Gasteiger partial charge >= 0.3 is 0 Å². The van der Waals surface area contributed by atoms with E-state index >= 15 is 0 Å². The van der Waals surface area contributed by atoms with E-state index in [2.05, 4.69) is 4.98 Å². The molecule has 4 nitrogen and oxygen atoms in total. The number of nitrogens with zero attached hydrogens (tertiary/aromatic N) is 2. The summed E-state index contributed by atoms with van der Waals surface area (Å²) in [6, 6.07) is 14.1. The molecule has 28 heavy (non-hydrogen) atoms. The number of benzene rings is 2. The fraction of sp³-hybridized carbons (Fsp3) is 0.304. The van der Waals surface area contributed by atoms with E-state index in [0.717, 1.165) is 36.8 Å². The molecule has 1 heterocycles. The van der Waals surface area contributed by atoms with Crippen LogP contribution in [0.15, 0.2) is 59.0 Å². The van der Waals surface area contributed by atoms with Crippen LogP contribution in [0, 0.1) is 5.82 Å². The van der Waals surface area contributed by atoms with Gasteiger partial charge in [-0.15, -0.1) is 0 Å². The number of para-hydroxylation sites is 2. The highest BCUT2D eigenvalue weighted by atomic mass is 19.1. The van der Waals surface area contributed by atoms with Crippen LogP contribution in [0.5, 0.6) is 0 Å². The third-order valence-electron chi connectivity index (χ3n) is 5.24. The molecule has 0 unspecified atom stereocenters. The summed E-state index contributed by atoms with van der Waals surface area (Å²) in [5, 5.41) is 0. The number of carbonyl (C=O) groups is 1. The average Bonchev–Trinajstić information content (AvgIpc) is 3.15. The van der Waals surface area contributed by atoms with E-state index in [4.69, 9.17) is 4.42 Å². The lowest BCUT2D eigenvalue weighted by Crippen LogP contribution is -2.40. The first kappa shape index (κ1) is 18.4. The van der Waals surface area contributed by atoms with Crippen molar-refractivity contribution in [2.75, 3.05) is 0 Å². The van der Waals surface area contributed by atoms with Crippen LogP contribution in [0.3, 0.4) is 0 Å². The van der Waals surface area contributed by atoms with Crippen LogP contribution in [0.1, 0.15) is 43.6 Å². The molecule has 4 rings (SSSR count). The quantitative estimate of drug-likeness (QED) is 0.563. The maximum atomic E-state index is 13.2. The smallest absolute Gasteiger partial charge is 0.247 e. The zero-order chi connectivity index (χ0) is 19.3. The number of fused-ring (bicyclic) bond motifs is 1. The van der Waals surface area contributed by atoms with Gasteiger partial charge in [-0.2, -0.15) is 0 Å². The van der Waals surface area contributed by atoms with Crippen LogP contribution in [-0.2, 0) is 11.3 Å². The Balaban J connectivity index is 1.53. The van der Waals surface area contributed by atoms with Crippen molar-refractivity contribution >= 4 is 23.1 Å². The van der Waals surface area contributed by atoms with Crippen molar-refractivity contribution in [1.82, 2.24) is 9.88 Å². The van der Waals surface area contributed by atoms with E-state index in [0.29, 0.717) is 18.0 Å². The van der Waals surface area contributed by atoms with Gasteiger partial charge in [-0.05, 0) is 42.7 Å². The van der Waals surface area contributed by atoms with E-state index in [1.807, 2.05) is 29.2 Å². The first-order valence-corrected chi connectivity index (χ1v) is 9.78. The van der Waals surface area contributed by atoms with Gasteiger partial charge in [0.15, 0.2) is 5.58 Å². The molecule has 0 spiro atoms. The van der Waals surface area contributed by atoms with Gasteiger partial charge in [-0.25, -0.2) is 9.37 Å². The lowest BCUT2D eigenvalue weighted by Gasteiger charge is -2.34. The van der Waals surface area contributed by atoms with Crippen LogP contribution >= 0.6 is 0 Å². The Labute approximate surface area is 163 Å². The van der Waals surface area contributed by atoms with Gasteiger partial charge in [0.1, 0.15) is 11.3 Å². The Morgan fingerprint density at radius 3 is 2.61 bits per heavy atom. The molecule has 5 heteroatoms. The van der Waals surface area contributed by atoms with Crippen molar-refractivity contribution in [2.24, 2.45) is 0 Å². The number of amides is 1. The average molecular weight is 378 g/mol. The summed E-state index contributed by atoms with van der Waals surface area (Å²) < 4.78 is 18.9. The van der Waals surface area contributed by atoms with E-state index in [1.165, 1.54) is 24.6 Å². The highest BCUT2D eigenvalue weighted by Crippen LogP contribution is 2.25. The number of rotatable bonds is 5. The Kier molecular flexibility index (Phi) is 5.51. The molecule has 0 saturated heterocycles. The van der Waals surface area contributed by atoms with Crippen molar-refractivity contribution in [3.63, 3.8) is 0 Å². The summed E-state index contributed by atoms with van der Waals surface area (Å²) >= 11 is 0. The number of oxazole rings is 1. The molecule has 1 aliphatic carbocycles. The highest BCUT2D eigenvalue weighted by Gasteiger charge is 2.24. The van der Waals surface area contributed by atoms with E-state index in [9.17, 15) is 9.18 Å². The third kappa shape index (κ3) is 4.30. The van der Waals surface area contributed by atoms with Gasteiger partial charge in [0.05, 0.1) is 0 Å². The maximum absolute atomic E-state index is 13.2. The molecular weight excluding hydrogens is 355 g/mol. The molecule has 1 fully saturated rings. The van der Waals surface area contributed by atoms with Gasteiger partial charge in [-0.1, -0.05) is 43.5 Å². The zero-order valence-electron chi connectivity index (χ0n) is 15.7. The molecule has 0 bridgehead atoms. The van der Waals surface area contributed by atoms with Gasteiger partial charge in [0.25, 0.3) is 0 Å². The zero-order valence-corrected chi connectivity index (χ0v) is 15.7. The Morgan fingerprint density at radius 1 is 1.11 bits per heavy atom. The van der Waals surface area contributed by atoms with Crippen molar-refractivity contribution in [1.29, 1.82) is 0 Å². The number of hydrogen-bond donors (Lipinski definition) is 0. The van der Waals surface area contributed by atoms with Gasteiger partial charge < -0.3 is 9.32 Å². The molecule has 1 amide bonds. The first-order valence-electron chi connectivity index (χ1n) is 9.78. The summed E-state index contributed by atoms with van der Waals surface area (Å²) in [6.07, 6.45) is 8.65. The molecule has 0 atom stereocenters. The highest BCUT2D eigenvalue weighted by molar-refractivity contribution is 5.91. The van der Waals surface area contributed by atoms with Gasteiger partial charge in [-0.3, -0.25) is 4.79 Å². The van der Waals surface area contributed by atoms with E-state index in [1.54, 1.807) is 18.2 Å². The summed E-state index contributed by atoms with van der Waals surface area (Å²) in [5.74, 6) is 0.0774. The molecular formula is C23H23FN2O2. The van der Waals surface area contributed by atoms with Crippen LogP contribution in [-0.4, -0.2) is 21.8 Å². The minimum absolute atomic E-state index is 0.0709. The lowest BCUT2D eigenvalue weighted by molar-refractivity contribution is -0.129. The molecule has 2 aromatic carbocycles. The predicted octanol–water partition coefficient (Wildman–Crippen LogP) is 5.34. The van der Waals surface area contributed by atoms with E-state index in [-0.39, 0.29) is 17.8 Å². The molecule has 0 N–H and O–H groups in total. The molecule has 144 valence electrons. The SMILES string of the molecule is O=C(/C=C/c1nc2ccccc2o1)N(Cc1ccc(F)cc1)C1CCCCC1. The maximum Gasteiger partial charge on any atom is 0.247 e. The topological polar surface area (TPSA) is 46.3 Å². The molecule has 1 saturated carbocycles. The second kappa shape index (κ2) is 8.38. The van der Waals surface area contributed by atoms with Gasteiger partial charge in [0, 0.05) is 24.7 Å². The fourth-order valence-electron chi connectivity index (χ4n) is 3.77. The Morgan fingerprint density at radius 2 is 1.86 bits per heavy atom. The van der Waals surface area contributed by atoms with Crippen LogP contribution in [0.2, 0.25) is 0 Å². The summed E-state index contributed by atoms with van der Waals surface area (Å²) in [6.45, 7) is 0.474.